The number of nitrogens with zero attached hydrogens (tertiary/aromatic N) is 1. The van der Waals surface area contributed by atoms with Crippen molar-refractivity contribution in [3.05, 3.63) is 163 Å². The van der Waals surface area contributed by atoms with Crippen LogP contribution in [0, 0.1) is 76.2 Å². The van der Waals surface area contributed by atoms with E-state index in [-0.39, 0.29) is 78.0 Å². The van der Waals surface area contributed by atoms with Crippen LogP contribution < -0.4 is 16.7 Å². The largest absolute Gasteiger partial charge is 0.508 e. The smallest absolute Gasteiger partial charge is 0.269 e. The summed E-state index contributed by atoms with van der Waals surface area (Å²) in [6.45, 7) is 58.4. The summed E-state index contributed by atoms with van der Waals surface area (Å²) >= 11 is 0. The molecule has 0 amide bonds. The number of phenolic OH excluding ortho intramolecular Hbond substituents is 5. The van der Waals surface area contributed by atoms with Gasteiger partial charge in [-0.15, -0.1) is 0 Å². The number of benzene rings is 3. The number of nitrogens with one attached hydrogen (secondary N) is 3. The highest BCUT2D eigenvalue weighted by Crippen LogP contribution is 2.37. The predicted octanol–water partition coefficient (Wildman–Crippen LogP) is 15.0. The number of hydrogen-bond acceptors (Lipinski definition) is 10. The molecule has 0 spiro atoms. The van der Waals surface area contributed by atoms with Gasteiger partial charge in [0, 0.05) is 51.2 Å². The van der Waals surface area contributed by atoms with Crippen LogP contribution in [-0.4, -0.2) is 50.6 Å². The molecule has 0 saturated heterocycles. The highest BCUT2D eigenvalue weighted by atomic mass is 16.3. The highest BCUT2D eigenvalue weighted by molar-refractivity contribution is 5.49. The van der Waals surface area contributed by atoms with E-state index in [1.807, 2.05) is 143 Å². The van der Waals surface area contributed by atoms with Crippen LogP contribution in [0.2, 0.25) is 0 Å². The Balaban J connectivity index is 0.000000480. The van der Waals surface area contributed by atoms with Crippen molar-refractivity contribution in [1.82, 2.24) is 19.9 Å². The molecule has 3 aromatic heterocycles. The van der Waals surface area contributed by atoms with E-state index in [9.17, 15) is 45.0 Å². The molecular weight excluding hydrogens is 1000 g/mol. The third-order valence-electron chi connectivity index (χ3n) is 13.6. The van der Waals surface area contributed by atoms with Gasteiger partial charge in [-0.05, 0) is 178 Å². The Morgan fingerprint density at radius 3 is 1.14 bits per heavy atom. The minimum absolute atomic E-state index is 0.0148. The van der Waals surface area contributed by atoms with Crippen molar-refractivity contribution in [2.75, 3.05) is 0 Å². The number of aromatic amines is 3. The zero-order valence-corrected chi connectivity index (χ0v) is 54.3. The second-order valence-corrected chi connectivity index (χ2v) is 27.5. The molecule has 444 valence electrons. The van der Waals surface area contributed by atoms with E-state index in [0.29, 0.717) is 11.4 Å². The summed E-state index contributed by atoms with van der Waals surface area (Å²) in [6, 6.07) is 9.93. The minimum Gasteiger partial charge on any atom is -0.508 e. The predicted molar refractivity (Wildman–Crippen MR) is 333 cm³/mol. The highest BCUT2D eigenvalue weighted by Gasteiger charge is 2.25. The van der Waals surface area contributed by atoms with Crippen molar-refractivity contribution >= 4 is 0 Å². The van der Waals surface area contributed by atoms with Crippen molar-refractivity contribution in [3.63, 3.8) is 0 Å². The van der Waals surface area contributed by atoms with Gasteiger partial charge in [-0.3, -0.25) is 24.4 Å². The minimum atomic E-state index is -0.198. The lowest BCUT2D eigenvalue weighted by atomic mass is 9.81. The Morgan fingerprint density at radius 1 is 0.338 bits per heavy atom. The van der Waals surface area contributed by atoms with Gasteiger partial charge in [0.1, 0.15) is 34.4 Å². The zero-order valence-electron chi connectivity index (χ0n) is 54.3. The molecule has 9 N–H and O–H groups in total. The van der Waals surface area contributed by atoms with Crippen LogP contribution in [0.1, 0.15) is 220 Å². The molecule has 0 unspecified atom stereocenters. The Labute approximate surface area is 479 Å². The average molecular weight is 1110 g/mol. The number of aryl methyl sites for hydroxylation is 7. The van der Waals surface area contributed by atoms with Crippen molar-refractivity contribution in [2.24, 2.45) is 0 Å². The van der Waals surface area contributed by atoms with Crippen LogP contribution in [0.15, 0.2) is 50.8 Å². The van der Waals surface area contributed by atoms with Crippen LogP contribution in [0.5, 0.6) is 34.6 Å². The van der Waals surface area contributed by atoms with Crippen molar-refractivity contribution < 1.29 is 30.6 Å². The molecule has 13 nitrogen and oxygen atoms in total. The number of phenols is 5. The van der Waals surface area contributed by atoms with Crippen LogP contribution in [0.25, 0.3) is 0 Å². The molecule has 0 aliphatic rings. The van der Waals surface area contributed by atoms with Gasteiger partial charge in [0.2, 0.25) is 0 Å². The summed E-state index contributed by atoms with van der Waals surface area (Å²) in [4.78, 5) is 46.8. The number of aromatic nitrogens is 4. The quantitative estimate of drug-likeness (QED) is 0.0698. The molecule has 0 saturated carbocycles. The molecular formula is C67H102N4O9. The van der Waals surface area contributed by atoms with E-state index >= 15 is 0 Å². The van der Waals surface area contributed by atoms with Crippen LogP contribution in [-0.2, 0) is 32.5 Å². The van der Waals surface area contributed by atoms with E-state index in [1.54, 1.807) is 19.9 Å². The van der Waals surface area contributed by atoms with Crippen LogP contribution in [0.4, 0.5) is 0 Å². The van der Waals surface area contributed by atoms with Gasteiger partial charge in [-0.1, -0.05) is 125 Å². The topological polar surface area (TPSA) is 233 Å². The molecule has 0 fully saturated rings. The van der Waals surface area contributed by atoms with Crippen molar-refractivity contribution in [1.29, 1.82) is 0 Å². The fraction of sp³-hybridized carbons (Fsp3) is 0.522. The molecule has 0 aliphatic heterocycles. The van der Waals surface area contributed by atoms with Gasteiger partial charge >= 0.3 is 0 Å². The lowest BCUT2D eigenvalue weighted by molar-refractivity contribution is 0.428. The molecule has 80 heavy (non-hydrogen) atoms. The maximum absolute atomic E-state index is 11.6. The average Bonchev–Trinajstić information content (AvgIpc) is 3.22. The summed E-state index contributed by atoms with van der Waals surface area (Å²) in [5, 5.41) is 56.6. The van der Waals surface area contributed by atoms with Gasteiger partial charge in [0.05, 0.1) is 5.69 Å². The molecule has 0 aliphatic carbocycles. The van der Waals surface area contributed by atoms with E-state index in [0.717, 1.165) is 67.2 Å². The summed E-state index contributed by atoms with van der Waals surface area (Å²) in [7, 11) is 0. The molecule has 6 aromatic rings. The molecule has 0 atom stereocenters. The third kappa shape index (κ3) is 19.8. The molecule has 3 heterocycles. The standard InChI is InChI=1S/C12H19NO.C12H18O.C11H17NO2.2C11H16O2.C10H16N2O/c1-7-8(2)11(14)13-9(3)10(7)12(4,5)6;1-8-6-10(13)7-9(2)11(8)12(3,4)5;1-6-7(2)9(13)12-10(14)8(6)11(3,4)5;1-7-5-8(11(2,3)4)10(13)6-9(7)12;1-7-5-8(12)6-9(13)10(7)11(2,3)4;1-6-8(10(3,4)5)11-7(2)9(13)12-6/h1-6H3,(H,13,14);6-7,13H,1-5H3;1-5H3,(H2,12,13,14);2*5-6,12-13H,1-4H3;1-5H3,(H,12,13). The van der Waals surface area contributed by atoms with Gasteiger partial charge in [0.15, 0.2) is 5.88 Å². The first-order chi connectivity index (χ1) is 35.8. The number of rotatable bonds is 0. The molecule has 0 bridgehead atoms. The van der Waals surface area contributed by atoms with Gasteiger partial charge in [-0.25, -0.2) is 0 Å². The lowest BCUT2D eigenvalue weighted by Gasteiger charge is -2.24. The molecule has 13 heteroatoms. The Bertz CT molecular complexity index is 3180. The molecule has 0 radical (unpaired) electrons. The van der Waals surface area contributed by atoms with E-state index in [1.165, 1.54) is 34.4 Å². The number of hydrogen-bond donors (Lipinski definition) is 9. The lowest BCUT2D eigenvalue weighted by Crippen LogP contribution is -2.26. The van der Waals surface area contributed by atoms with Crippen molar-refractivity contribution in [3.8, 4) is 34.6 Å². The maximum atomic E-state index is 11.6. The Kier molecular flexibility index (Phi) is 23.8. The second-order valence-electron chi connectivity index (χ2n) is 27.5. The Morgan fingerprint density at radius 2 is 0.738 bits per heavy atom. The first-order valence-electron chi connectivity index (χ1n) is 27.4. The molecule has 6 rings (SSSR count). The SMILES string of the molecule is Cc1[nH]c(=O)c(C)c(C)c1C(C)(C)C.Cc1[nH]c(=O)c(C)nc1C(C)(C)C.Cc1c(O)[nH]c(=O)c(C(C)(C)C)c1C.Cc1cc(C(C)(C)C)c(O)cc1O.Cc1cc(O)cc(C)c1C(C)(C)C.Cc1cc(O)cc(O)c1C(C)(C)C. The Hall–Kier alpha value is -6.76. The van der Waals surface area contributed by atoms with Gasteiger partial charge in [0.25, 0.3) is 16.7 Å². The normalized spacial score (nSPS) is 11.8. The van der Waals surface area contributed by atoms with Crippen LogP contribution >= 0.6 is 0 Å². The first kappa shape index (κ1) is 71.3. The fourth-order valence-electron chi connectivity index (χ4n) is 10.3. The summed E-state index contributed by atoms with van der Waals surface area (Å²) < 4.78 is 0. The fourth-order valence-corrected chi connectivity index (χ4v) is 10.3. The number of aromatic hydroxyl groups is 6. The summed E-state index contributed by atoms with van der Waals surface area (Å²) in [6.07, 6.45) is 0. The first-order valence-corrected chi connectivity index (χ1v) is 27.4. The van der Waals surface area contributed by atoms with E-state index < -0.39 is 0 Å². The summed E-state index contributed by atoms with van der Waals surface area (Å²) in [5.74, 6) is 0.928. The van der Waals surface area contributed by atoms with E-state index in [2.05, 4.69) is 82.2 Å². The third-order valence-corrected chi connectivity index (χ3v) is 13.6. The van der Waals surface area contributed by atoms with E-state index in [4.69, 9.17) is 0 Å². The van der Waals surface area contributed by atoms with Gasteiger partial charge < -0.3 is 40.6 Å². The number of pyridine rings is 2. The van der Waals surface area contributed by atoms with Gasteiger partial charge in [-0.2, -0.15) is 0 Å². The second kappa shape index (κ2) is 26.7. The monoisotopic (exact) mass is 1110 g/mol. The molecule has 3 aromatic carbocycles. The number of H-pyrrole nitrogens is 3. The zero-order chi connectivity index (χ0) is 63.1. The van der Waals surface area contributed by atoms with Crippen LogP contribution in [0.3, 0.4) is 0 Å². The maximum Gasteiger partial charge on any atom is 0.269 e. The summed E-state index contributed by atoms with van der Waals surface area (Å²) in [5.41, 5.74) is 15.7. The van der Waals surface area contributed by atoms with Crippen molar-refractivity contribution in [2.45, 2.75) is 233 Å².